The molecule has 0 amide bonds. The normalized spacial score (nSPS) is 10.3. The summed E-state index contributed by atoms with van der Waals surface area (Å²) in [5, 5.41) is 25.4. The summed E-state index contributed by atoms with van der Waals surface area (Å²) in [4.78, 5) is 31.0. The van der Waals surface area contributed by atoms with Gasteiger partial charge in [-0.1, -0.05) is 51.7 Å². The van der Waals surface area contributed by atoms with Crippen molar-refractivity contribution in [1.29, 1.82) is 0 Å². The van der Waals surface area contributed by atoms with E-state index in [0.717, 1.165) is 25.9 Å². The van der Waals surface area contributed by atoms with Crippen LogP contribution in [-0.4, -0.2) is 51.6 Å². The molecule has 0 saturated heterocycles. The van der Waals surface area contributed by atoms with E-state index >= 15 is 0 Å². The maximum atomic E-state index is 10.6. The summed E-state index contributed by atoms with van der Waals surface area (Å²) in [6.45, 7) is 8.01. The van der Waals surface area contributed by atoms with Crippen molar-refractivity contribution in [3.05, 3.63) is 39.9 Å². The SMILES string of the molecule is CCCCCCCN(CC)CCCCc1ccc([N+](=O)[O-])cc1.O=C(O)C(=O)O. The van der Waals surface area contributed by atoms with Crippen LogP contribution < -0.4 is 0 Å². The second kappa shape index (κ2) is 16.5. The van der Waals surface area contributed by atoms with Crippen LogP contribution in [0.25, 0.3) is 0 Å². The minimum Gasteiger partial charge on any atom is -0.473 e. The summed E-state index contributed by atoms with van der Waals surface area (Å²) in [5.74, 6) is -3.65. The van der Waals surface area contributed by atoms with Gasteiger partial charge in [0, 0.05) is 12.1 Å². The molecule has 164 valence electrons. The van der Waals surface area contributed by atoms with Crippen molar-refractivity contribution in [2.75, 3.05) is 19.6 Å². The van der Waals surface area contributed by atoms with E-state index in [2.05, 4.69) is 18.7 Å². The Morgan fingerprint density at radius 3 is 1.86 bits per heavy atom. The molecule has 0 atom stereocenters. The standard InChI is InChI=1S/C19H32N2O2.C2H2O4/c1-3-5-6-7-9-16-20(4-2)17-10-8-11-18-12-14-19(15-13-18)21(22)23;3-1(4)2(5)6/h12-15H,3-11,16-17H2,1-2H3;(H,3,4)(H,5,6). The Kier molecular flexibility index (Phi) is 15.1. The van der Waals surface area contributed by atoms with Crippen molar-refractivity contribution in [2.24, 2.45) is 0 Å². The van der Waals surface area contributed by atoms with E-state index in [1.807, 2.05) is 12.1 Å². The fraction of sp³-hybridized carbons (Fsp3) is 0.619. The Balaban J connectivity index is 0.00000113. The molecule has 8 nitrogen and oxygen atoms in total. The van der Waals surface area contributed by atoms with Crippen LogP contribution in [0, 0.1) is 10.1 Å². The van der Waals surface area contributed by atoms with Crippen LogP contribution in [0.4, 0.5) is 5.69 Å². The molecule has 0 radical (unpaired) electrons. The Morgan fingerprint density at radius 1 is 0.897 bits per heavy atom. The van der Waals surface area contributed by atoms with Crippen molar-refractivity contribution in [1.82, 2.24) is 4.90 Å². The van der Waals surface area contributed by atoms with Crippen molar-refractivity contribution in [2.45, 2.75) is 65.2 Å². The highest BCUT2D eigenvalue weighted by molar-refractivity contribution is 6.27. The quantitative estimate of drug-likeness (QED) is 0.214. The van der Waals surface area contributed by atoms with Crippen molar-refractivity contribution < 1.29 is 24.7 Å². The van der Waals surface area contributed by atoms with Gasteiger partial charge in [-0.15, -0.1) is 0 Å². The van der Waals surface area contributed by atoms with Crippen LogP contribution in [-0.2, 0) is 16.0 Å². The minimum absolute atomic E-state index is 0.175. The molecule has 0 aromatic heterocycles. The number of benzene rings is 1. The third kappa shape index (κ3) is 14.2. The molecule has 0 saturated carbocycles. The Bertz CT molecular complexity index is 592. The van der Waals surface area contributed by atoms with Crippen molar-refractivity contribution in [3.63, 3.8) is 0 Å². The largest absolute Gasteiger partial charge is 0.473 e. The smallest absolute Gasteiger partial charge is 0.414 e. The number of non-ortho nitro benzene ring substituents is 1. The zero-order chi connectivity index (χ0) is 22.1. The molecule has 0 aliphatic rings. The zero-order valence-electron chi connectivity index (χ0n) is 17.5. The van der Waals surface area contributed by atoms with Gasteiger partial charge in [0.15, 0.2) is 0 Å². The molecule has 0 unspecified atom stereocenters. The lowest BCUT2D eigenvalue weighted by molar-refractivity contribution is -0.384. The summed E-state index contributed by atoms with van der Waals surface area (Å²) in [5.41, 5.74) is 1.37. The van der Waals surface area contributed by atoms with E-state index in [0.29, 0.717) is 0 Å². The van der Waals surface area contributed by atoms with Crippen LogP contribution in [0.3, 0.4) is 0 Å². The van der Waals surface area contributed by atoms with Crippen molar-refractivity contribution >= 4 is 17.6 Å². The number of nitro groups is 1. The first-order chi connectivity index (χ1) is 13.8. The summed E-state index contributed by atoms with van der Waals surface area (Å²) < 4.78 is 0. The van der Waals surface area contributed by atoms with E-state index in [-0.39, 0.29) is 10.6 Å². The topological polar surface area (TPSA) is 121 Å². The van der Waals surface area contributed by atoms with Gasteiger partial charge in [-0.25, -0.2) is 9.59 Å². The highest BCUT2D eigenvalue weighted by atomic mass is 16.6. The number of aryl methyl sites for hydroxylation is 1. The van der Waals surface area contributed by atoms with E-state index in [9.17, 15) is 10.1 Å². The summed E-state index contributed by atoms with van der Waals surface area (Å²) in [6, 6.07) is 6.96. The predicted molar refractivity (Wildman–Crippen MR) is 112 cm³/mol. The molecule has 0 bridgehead atoms. The van der Waals surface area contributed by atoms with Gasteiger partial charge in [-0.3, -0.25) is 10.1 Å². The Hall–Kier alpha value is -2.48. The number of carbonyl (C=O) groups is 2. The van der Waals surface area contributed by atoms with Crippen LogP contribution in [0.15, 0.2) is 24.3 Å². The molecule has 1 aromatic carbocycles. The second-order valence-electron chi connectivity index (χ2n) is 6.84. The summed E-state index contributed by atoms with van der Waals surface area (Å²) in [7, 11) is 0. The molecule has 0 fully saturated rings. The monoisotopic (exact) mass is 410 g/mol. The third-order valence-electron chi connectivity index (χ3n) is 4.55. The summed E-state index contributed by atoms with van der Waals surface area (Å²) >= 11 is 0. The summed E-state index contributed by atoms with van der Waals surface area (Å²) in [6.07, 6.45) is 10.1. The molecule has 0 heterocycles. The number of aliphatic carboxylic acids is 2. The molecule has 0 aliphatic carbocycles. The van der Waals surface area contributed by atoms with Gasteiger partial charge >= 0.3 is 11.9 Å². The molecule has 0 spiro atoms. The first-order valence-corrected chi connectivity index (χ1v) is 10.2. The van der Waals surface area contributed by atoms with Gasteiger partial charge in [0.2, 0.25) is 0 Å². The molecule has 8 heteroatoms. The maximum Gasteiger partial charge on any atom is 0.414 e. The number of hydrogen-bond acceptors (Lipinski definition) is 5. The van der Waals surface area contributed by atoms with Gasteiger partial charge < -0.3 is 15.1 Å². The Labute approximate surface area is 172 Å². The van der Waals surface area contributed by atoms with Gasteiger partial charge in [0.25, 0.3) is 5.69 Å². The number of rotatable bonds is 13. The van der Waals surface area contributed by atoms with E-state index < -0.39 is 11.9 Å². The zero-order valence-corrected chi connectivity index (χ0v) is 17.5. The first-order valence-electron chi connectivity index (χ1n) is 10.2. The highest BCUT2D eigenvalue weighted by Crippen LogP contribution is 2.14. The molecular formula is C21H34N2O6. The molecule has 1 aromatic rings. The highest BCUT2D eigenvalue weighted by Gasteiger charge is 2.05. The van der Waals surface area contributed by atoms with Gasteiger partial charge in [-0.05, 0) is 50.9 Å². The second-order valence-corrected chi connectivity index (χ2v) is 6.84. The number of hydrogen-bond donors (Lipinski definition) is 2. The first kappa shape index (κ1) is 26.5. The number of carboxylic acids is 2. The average molecular weight is 411 g/mol. The number of nitro benzene ring substituents is 1. The number of carboxylic acid groups (broad SMARTS) is 2. The number of unbranched alkanes of at least 4 members (excludes halogenated alkanes) is 5. The lowest BCUT2D eigenvalue weighted by Gasteiger charge is -2.20. The van der Waals surface area contributed by atoms with Gasteiger partial charge in [-0.2, -0.15) is 0 Å². The fourth-order valence-electron chi connectivity index (χ4n) is 2.82. The van der Waals surface area contributed by atoms with Crippen molar-refractivity contribution in [3.8, 4) is 0 Å². The van der Waals surface area contributed by atoms with E-state index in [1.165, 1.54) is 50.6 Å². The van der Waals surface area contributed by atoms with Crippen LogP contribution in [0.1, 0.15) is 64.4 Å². The average Bonchev–Trinajstić information content (AvgIpc) is 2.70. The molecule has 1 rings (SSSR count). The number of nitrogens with zero attached hydrogens (tertiary/aromatic N) is 2. The van der Waals surface area contributed by atoms with Crippen LogP contribution in [0.2, 0.25) is 0 Å². The molecule has 2 N–H and O–H groups in total. The maximum absolute atomic E-state index is 10.6. The molecule has 29 heavy (non-hydrogen) atoms. The van der Waals surface area contributed by atoms with Gasteiger partial charge in [0.1, 0.15) is 0 Å². The third-order valence-corrected chi connectivity index (χ3v) is 4.55. The molecular weight excluding hydrogens is 376 g/mol. The van der Waals surface area contributed by atoms with Gasteiger partial charge in [0.05, 0.1) is 4.92 Å². The predicted octanol–water partition coefficient (Wildman–Crippen LogP) is 4.37. The lowest BCUT2D eigenvalue weighted by atomic mass is 10.1. The van der Waals surface area contributed by atoms with E-state index in [4.69, 9.17) is 19.8 Å². The van der Waals surface area contributed by atoms with Crippen LogP contribution >= 0.6 is 0 Å². The van der Waals surface area contributed by atoms with Crippen LogP contribution in [0.5, 0.6) is 0 Å². The fourth-order valence-corrected chi connectivity index (χ4v) is 2.82. The van der Waals surface area contributed by atoms with E-state index in [1.54, 1.807) is 12.1 Å². The minimum atomic E-state index is -1.82. The molecule has 0 aliphatic heterocycles. The Morgan fingerprint density at radius 2 is 1.41 bits per heavy atom. The lowest BCUT2D eigenvalue weighted by Crippen LogP contribution is -2.25.